The van der Waals surface area contributed by atoms with Crippen LogP contribution in [-0.2, 0) is 19.1 Å². The first-order valence-electron chi connectivity index (χ1n) is 5.36. The Labute approximate surface area is 99.1 Å². The van der Waals surface area contributed by atoms with Crippen molar-refractivity contribution in [3.05, 3.63) is 0 Å². The topological polar surface area (TPSA) is 60.4 Å². The lowest BCUT2D eigenvalue weighted by Crippen LogP contribution is -2.36. The highest BCUT2D eigenvalue weighted by atomic mass is 32.2. The number of ketones is 2. The largest absolute Gasteiger partial charge is 0.460 e. The van der Waals surface area contributed by atoms with Crippen LogP contribution in [0.2, 0.25) is 0 Å². The number of hydrogen-bond acceptors (Lipinski definition) is 5. The second-order valence-electron chi connectivity index (χ2n) is 3.74. The smallest absolute Gasteiger partial charge is 0.375 e. The summed E-state index contributed by atoms with van der Waals surface area (Å²) in [6.45, 7) is 1.80. The highest BCUT2D eigenvalue weighted by Crippen LogP contribution is 2.28. The van der Waals surface area contributed by atoms with Gasteiger partial charge in [-0.1, -0.05) is 0 Å². The standard InChI is InChI=1S/C11H16O4S/c1-3-15-11(14)10(13)8-5-4-7(16-2)6-9(8)12/h7-8H,3-6H2,1-2H3. The van der Waals surface area contributed by atoms with Crippen molar-refractivity contribution < 1.29 is 19.1 Å². The van der Waals surface area contributed by atoms with Gasteiger partial charge in [0.25, 0.3) is 0 Å². The quantitative estimate of drug-likeness (QED) is 0.423. The Hall–Kier alpha value is -0.840. The van der Waals surface area contributed by atoms with Gasteiger partial charge < -0.3 is 4.74 Å². The summed E-state index contributed by atoms with van der Waals surface area (Å²) < 4.78 is 4.61. The average molecular weight is 244 g/mol. The summed E-state index contributed by atoms with van der Waals surface area (Å²) in [6, 6.07) is 0. The number of Topliss-reactive ketones (excluding diaryl/α,β-unsaturated/α-hetero) is 2. The summed E-state index contributed by atoms with van der Waals surface area (Å²) in [5.41, 5.74) is 0. The second kappa shape index (κ2) is 6.03. The molecule has 0 heterocycles. The number of carbonyl (C=O) groups excluding carboxylic acids is 3. The minimum Gasteiger partial charge on any atom is -0.460 e. The number of hydrogen-bond donors (Lipinski definition) is 0. The molecule has 1 fully saturated rings. The molecule has 0 amide bonds. The molecule has 90 valence electrons. The summed E-state index contributed by atoms with van der Waals surface area (Å²) in [7, 11) is 0. The highest BCUT2D eigenvalue weighted by Gasteiger charge is 2.36. The molecule has 0 aliphatic heterocycles. The van der Waals surface area contributed by atoms with Crippen LogP contribution in [0.4, 0.5) is 0 Å². The molecule has 1 aliphatic carbocycles. The van der Waals surface area contributed by atoms with Crippen LogP contribution in [0.1, 0.15) is 26.2 Å². The van der Waals surface area contributed by atoms with Gasteiger partial charge in [0.15, 0.2) is 0 Å². The molecule has 2 unspecified atom stereocenters. The third kappa shape index (κ3) is 3.07. The van der Waals surface area contributed by atoms with Gasteiger partial charge in [-0.05, 0) is 26.0 Å². The van der Waals surface area contributed by atoms with E-state index < -0.39 is 17.7 Å². The first-order chi connectivity index (χ1) is 7.60. The Kier molecular flexibility index (Phi) is 4.99. The molecular formula is C11H16O4S. The average Bonchev–Trinajstić information content (AvgIpc) is 2.28. The third-order valence-corrected chi connectivity index (χ3v) is 3.79. The van der Waals surface area contributed by atoms with Gasteiger partial charge in [0.05, 0.1) is 12.5 Å². The van der Waals surface area contributed by atoms with Gasteiger partial charge in [-0.15, -0.1) is 0 Å². The van der Waals surface area contributed by atoms with Gasteiger partial charge in [-0.3, -0.25) is 9.59 Å². The molecule has 0 bridgehead atoms. The molecule has 1 rings (SSSR count). The van der Waals surface area contributed by atoms with Crippen LogP contribution in [0, 0.1) is 5.92 Å². The maximum atomic E-state index is 11.7. The van der Waals surface area contributed by atoms with Gasteiger partial charge in [0, 0.05) is 11.7 Å². The molecule has 0 aromatic heterocycles. The van der Waals surface area contributed by atoms with E-state index in [0.29, 0.717) is 18.1 Å². The van der Waals surface area contributed by atoms with Crippen LogP contribution in [0.15, 0.2) is 0 Å². The number of esters is 1. The Morgan fingerprint density at radius 3 is 2.62 bits per heavy atom. The predicted molar refractivity (Wildman–Crippen MR) is 61.3 cm³/mol. The molecule has 4 nitrogen and oxygen atoms in total. The summed E-state index contributed by atoms with van der Waals surface area (Å²) in [5, 5.41) is 0.291. The zero-order valence-corrected chi connectivity index (χ0v) is 10.3. The van der Waals surface area contributed by atoms with Crippen molar-refractivity contribution in [2.24, 2.45) is 5.92 Å². The predicted octanol–water partition coefficient (Wildman–Crippen LogP) is 1.22. The van der Waals surface area contributed by atoms with E-state index in [9.17, 15) is 14.4 Å². The van der Waals surface area contributed by atoms with E-state index in [-0.39, 0.29) is 12.4 Å². The van der Waals surface area contributed by atoms with Crippen LogP contribution in [0.5, 0.6) is 0 Å². The number of thioether (sulfide) groups is 1. The first-order valence-corrected chi connectivity index (χ1v) is 6.65. The lowest BCUT2D eigenvalue weighted by atomic mass is 9.84. The lowest BCUT2D eigenvalue weighted by Gasteiger charge is -2.24. The van der Waals surface area contributed by atoms with Crippen LogP contribution in [-0.4, -0.2) is 35.6 Å². The van der Waals surface area contributed by atoms with Crippen molar-refractivity contribution in [1.29, 1.82) is 0 Å². The van der Waals surface area contributed by atoms with Gasteiger partial charge in [-0.2, -0.15) is 11.8 Å². The third-order valence-electron chi connectivity index (χ3n) is 2.72. The minimum atomic E-state index is -0.872. The van der Waals surface area contributed by atoms with Gasteiger partial charge >= 0.3 is 5.97 Å². The van der Waals surface area contributed by atoms with Gasteiger partial charge in [0.1, 0.15) is 5.78 Å². The molecule has 0 aromatic rings. The summed E-state index contributed by atoms with van der Waals surface area (Å²) >= 11 is 1.63. The van der Waals surface area contributed by atoms with Crippen molar-refractivity contribution in [1.82, 2.24) is 0 Å². The molecule has 0 aromatic carbocycles. The van der Waals surface area contributed by atoms with E-state index >= 15 is 0 Å². The fraction of sp³-hybridized carbons (Fsp3) is 0.727. The van der Waals surface area contributed by atoms with Crippen LogP contribution in [0.25, 0.3) is 0 Å². The highest BCUT2D eigenvalue weighted by molar-refractivity contribution is 7.99. The van der Waals surface area contributed by atoms with E-state index in [1.54, 1.807) is 18.7 Å². The van der Waals surface area contributed by atoms with Gasteiger partial charge in [0.2, 0.25) is 5.78 Å². The van der Waals surface area contributed by atoms with Crippen LogP contribution >= 0.6 is 11.8 Å². The Morgan fingerprint density at radius 1 is 1.44 bits per heavy atom. The van der Waals surface area contributed by atoms with Crippen LogP contribution in [0.3, 0.4) is 0 Å². The molecule has 0 radical (unpaired) electrons. The molecular weight excluding hydrogens is 228 g/mol. The zero-order valence-electron chi connectivity index (χ0n) is 9.52. The van der Waals surface area contributed by atoms with E-state index in [1.165, 1.54) is 0 Å². The Bertz CT molecular complexity index is 300. The zero-order chi connectivity index (χ0) is 12.1. The molecule has 2 atom stereocenters. The fourth-order valence-corrected chi connectivity index (χ4v) is 2.51. The van der Waals surface area contributed by atoms with Crippen molar-refractivity contribution in [3.63, 3.8) is 0 Å². The Balaban J connectivity index is 2.58. The van der Waals surface area contributed by atoms with E-state index in [0.717, 1.165) is 6.42 Å². The first kappa shape index (κ1) is 13.2. The van der Waals surface area contributed by atoms with E-state index in [2.05, 4.69) is 4.74 Å². The molecule has 5 heteroatoms. The van der Waals surface area contributed by atoms with Crippen LogP contribution < -0.4 is 0 Å². The number of carbonyl (C=O) groups is 3. The molecule has 16 heavy (non-hydrogen) atoms. The van der Waals surface area contributed by atoms with Crippen molar-refractivity contribution >= 4 is 29.3 Å². The SMILES string of the molecule is CCOC(=O)C(=O)C1CCC(SC)CC1=O. The maximum Gasteiger partial charge on any atom is 0.375 e. The summed E-state index contributed by atoms with van der Waals surface area (Å²) in [4.78, 5) is 34.5. The van der Waals surface area contributed by atoms with E-state index in [1.807, 2.05) is 6.26 Å². The number of rotatable bonds is 4. The summed E-state index contributed by atoms with van der Waals surface area (Å²) in [5.74, 6) is -2.43. The molecule has 0 spiro atoms. The monoisotopic (exact) mass is 244 g/mol. The van der Waals surface area contributed by atoms with E-state index in [4.69, 9.17) is 0 Å². The molecule has 0 saturated heterocycles. The second-order valence-corrected chi connectivity index (χ2v) is 4.88. The lowest BCUT2D eigenvalue weighted by molar-refractivity contribution is -0.157. The van der Waals surface area contributed by atoms with Crippen molar-refractivity contribution in [3.8, 4) is 0 Å². The normalized spacial score (nSPS) is 25.2. The fourth-order valence-electron chi connectivity index (χ4n) is 1.81. The molecule has 1 aliphatic rings. The Morgan fingerprint density at radius 2 is 2.12 bits per heavy atom. The van der Waals surface area contributed by atoms with Gasteiger partial charge in [-0.25, -0.2) is 4.79 Å². The summed E-state index contributed by atoms with van der Waals surface area (Å²) in [6.07, 6.45) is 3.62. The maximum absolute atomic E-state index is 11.7. The molecule has 0 N–H and O–H groups in total. The van der Waals surface area contributed by atoms with Crippen molar-refractivity contribution in [2.45, 2.75) is 31.4 Å². The molecule has 1 saturated carbocycles. The minimum absolute atomic E-state index is 0.122. The number of ether oxygens (including phenoxy) is 1. The van der Waals surface area contributed by atoms with Crippen molar-refractivity contribution in [2.75, 3.05) is 12.9 Å².